The molecule has 3 aromatic rings. The zero-order chi connectivity index (χ0) is 19.5. The molecule has 4 rings (SSSR count). The first kappa shape index (κ1) is 18.3. The van der Waals surface area contributed by atoms with E-state index in [1.807, 2.05) is 51.9 Å². The molecule has 0 saturated carbocycles. The number of carbonyl (C=O) groups excluding carboxylic acids is 2. The van der Waals surface area contributed by atoms with E-state index in [1.54, 1.807) is 6.20 Å². The number of rotatable bonds is 5. The van der Waals surface area contributed by atoms with Crippen LogP contribution in [-0.2, 0) is 22.5 Å². The Morgan fingerprint density at radius 2 is 1.82 bits per heavy atom. The van der Waals surface area contributed by atoms with E-state index in [0.717, 1.165) is 36.7 Å². The smallest absolute Gasteiger partial charge is 0.340 e. The summed E-state index contributed by atoms with van der Waals surface area (Å²) in [5.41, 5.74) is 2.62. The third-order valence-electron chi connectivity index (χ3n) is 5.51. The molecule has 5 heteroatoms. The minimum Gasteiger partial charge on any atom is -0.465 e. The predicted octanol–water partition coefficient (Wildman–Crippen LogP) is 3.66. The molecule has 1 fully saturated rings. The van der Waals surface area contributed by atoms with Crippen LogP contribution in [0.5, 0.6) is 0 Å². The standard InChI is InChI=1S/C23H24N2O3/c1-28-23(27)20-15-24(21-12-6-5-11-19(20)21)16-22(26)25-13-7-10-18(25)14-17-8-3-2-4-9-17/h2-6,8-9,11-12,15,18H,7,10,13-14,16H2,1H3. The quantitative estimate of drug-likeness (QED) is 0.639. The van der Waals surface area contributed by atoms with Gasteiger partial charge in [0, 0.05) is 29.7 Å². The van der Waals surface area contributed by atoms with Crippen LogP contribution in [0.4, 0.5) is 0 Å². The molecule has 2 aromatic carbocycles. The number of esters is 1. The maximum absolute atomic E-state index is 13.1. The lowest BCUT2D eigenvalue weighted by atomic mass is 10.0. The number of hydrogen-bond acceptors (Lipinski definition) is 3. The van der Waals surface area contributed by atoms with Crippen molar-refractivity contribution in [1.82, 2.24) is 9.47 Å². The van der Waals surface area contributed by atoms with E-state index in [4.69, 9.17) is 4.74 Å². The number of nitrogens with zero attached hydrogens (tertiary/aromatic N) is 2. The summed E-state index contributed by atoms with van der Waals surface area (Å²) in [5, 5.41) is 0.810. The number of para-hydroxylation sites is 1. The molecule has 1 aliphatic rings. The number of carbonyl (C=O) groups is 2. The van der Waals surface area contributed by atoms with Crippen molar-refractivity contribution in [3.8, 4) is 0 Å². The molecule has 0 spiro atoms. The van der Waals surface area contributed by atoms with Gasteiger partial charge < -0.3 is 14.2 Å². The minimum absolute atomic E-state index is 0.0931. The Hall–Kier alpha value is -3.08. The van der Waals surface area contributed by atoms with Crippen molar-refractivity contribution in [2.24, 2.45) is 0 Å². The van der Waals surface area contributed by atoms with Gasteiger partial charge in [-0.15, -0.1) is 0 Å². The zero-order valence-electron chi connectivity index (χ0n) is 16.0. The van der Waals surface area contributed by atoms with Crippen LogP contribution >= 0.6 is 0 Å². The summed E-state index contributed by atoms with van der Waals surface area (Å²) >= 11 is 0. The molecule has 1 amide bonds. The molecule has 0 aliphatic carbocycles. The maximum atomic E-state index is 13.1. The molecule has 0 radical (unpaired) electrons. The minimum atomic E-state index is -0.384. The third kappa shape index (κ3) is 3.52. The van der Waals surface area contributed by atoms with Crippen LogP contribution in [0, 0.1) is 0 Å². The Bertz CT molecular complexity index is 994. The van der Waals surface area contributed by atoms with Crippen molar-refractivity contribution in [2.75, 3.05) is 13.7 Å². The summed E-state index contributed by atoms with van der Waals surface area (Å²) < 4.78 is 6.76. The average Bonchev–Trinajstić information content (AvgIpc) is 3.33. The molecular weight excluding hydrogens is 352 g/mol. The van der Waals surface area contributed by atoms with E-state index < -0.39 is 0 Å². The lowest BCUT2D eigenvalue weighted by molar-refractivity contribution is -0.132. The van der Waals surface area contributed by atoms with Gasteiger partial charge in [0.2, 0.25) is 5.91 Å². The number of hydrogen-bond donors (Lipinski definition) is 0. The fraction of sp³-hybridized carbons (Fsp3) is 0.304. The molecule has 5 nitrogen and oxygen atoms in total. The van der Waals surface area contributed by atoms with Crippen molar-refractivity contribution >= 4 is 22.8 Å². The number of amides is 1. The van der Waals surface area contributed by atoms with E-state index in [0.29, 0.717) is 5.56 Å². The fourth-order valence-electron chi connectivity index (χ4n) is 4.15. The largest absolute Gasteiger partial charge is 0.465 e. The van der Waals surface area contributed by atoms with Gasteiger partial charge in [-0.05, 0) is 30.9 Å². The summed E-state index contributed by atoms with van der Waals surface area (Å²) in [4.78, 5) is 27.2. The van der Waals surface area contributed by atoms with Crippen LogP contribution in [0.25, 0.3) is 10.9 Å². The van der Waals surface area contributed by atoms with Gasteiger partial charge in [0.05, 0.1) is 12.7 Å². The third-order valence-corrected chi connectivity index (χ3v) is 5.51. The summed E-state index contributed by atoms with van der Waals surface area (Å²) in [6.07, 6.45) is 4.67. The molecular formula is C23H24N2O3. The zero-order valence-corrected chi connectivity index (χ0v) is 16.0. The van der Waals surface area contributed by atoms with Crippen LogP contribution < -0.4 is 0 Å². The van der Waals surface area contributed by atoms with Gasteiger partial charge >= 0.3 is 5.97 Å². The molecule has 0 bridgehead atoms. The molecule has 1 atom stereocenters. The SMILES string of the molecule is COC(=O)c1cn(CC(=O)N2CCCC2Cc2ccccc2)c2ccccc12. The van der Waals surface area contributed by atoms with Crippen LogP contribution in [-0.4, -0.2) is 41.0 Å². The van der Waals surface area contributed by atoms with Crippen molar-refractivity contribution in [2.45, 2.75) is 31.8 Å². The van der Waals surface area contributed by atoms with Crippen LogP contribution in [0.2, 0.25) is 0 Å². The summed E-state index contributed by atoms with van der Waals surface area (Å²) in [7, 11) is 1.37. The molecule has 2 heterocycles. The van der Waals surface area contributed by atoms with Gasteiger partial charge in [0.15, 0.2) is 0 Å². The Labute approximate surface area is 164 Å². The molecule has 1 saturated heterocycles. The van der Waals surface area contributed by atoms with Gasteiger partial charge in [-0.2, -0.15) is 0 Å². The Morgan fingerprint density at radius 3 is 2.61 bits per heavy atom. The van der Waals surface area contributed by atoms with Crippen molar-refractivity contribution < 1.29 is 14.3 Å². The lowest BCUT2D eigenvalue weighted by Crippen LogP contribution is -2.38. The van der Waals surface area contributed by atoms with Crippen LogP contribution in [0.3, 0.4) is 0 Å². The molecule has 0 N–H and O–H groups in total. The molecule has 28 heavy (non-hydrogen) atoms. The molecule has 1 aromatic heterocycles. The monoisotopic (exact) mass is 376 g/mol. The highest BCUT2D eigenvalue weighted by Gasteiger charge is 2.29. The van der Waals surface area contributed by atoms with Crippen LogP contribution in [0.1, 0.15) is 28.8 Å². The number of methoxy groups -OCH3 is 1. The van der Waals surface area contributed by atoms with Crippen molar-refractivity contribution in [3.05, 3.63) is 71.9 Å². The van der Waals surface area contributed by atoms with E-state index >= 15 is 0 Å². The van der Waals surface area contributed by atoms with Gasteiger partial charge in [0.1, 0.15) is 6.54 Å². The van der Waals surface area contributed by atoms with Gasteiger partial charge in [-0.1, -0.05) is 48.5 Å². The van der Waals surface area contributed by atoms with E-state index in [2.05, 4.69) is 12.1 Å². The first-order valence-electron chi connectivity index (χ1n) is 9.67. The first-order valence-corrected chi connectivity index (χ1v) is 9.67. The second-order valence-corrected chi connectivity index (χ2v) is 7.25. The number of likely N-dealkylation sites (tertiary alicyclic amines) is 1. The highest BCUT2D eigenvalue weighted by Crippen LogP contribution is 2.25. The summed E-state index contributed by atoms with van der Waals surface area (Å²) in [6, 6.07) is 18.2. The Balaban J connectivity index is 1.55. The predicted molar refractivity (Wildman–Crippen MR) is 108 cm³/mol. The average molecular weight is 376 g/mol. The number of ether oxygens (including phenoxy) is 1. The van der Waals surface area contributed by atoms with Gasteiger partial charge in [0.25, 0.3) is 0 Å². The van der Waals surface area contributed by atoms with Gasteiger partial charge in [-0.3, -0.25) is 4.79 Å². The fourth-order valence-corrected chi connectivity index (χ4v) is 4.15. The summed E-state index contributed by atoms with van der Waals surface area (Å²) in [5.74, 6) is -0.291. The van der Waals surface area contributed by atoms with Gasteiger partial charge in [-0.25, -0.2) is 4.79 Å². The normalized spacial score (nSPS) is 16.5. The molecule has 1 unspecified atom stereocenters. The topological polar surface area (TPSA) is 51.5 Å². The number of fused-ring (bicyclic) bond motifs is 1. The highest BCUT2D eigenvalue weighted by molar-refractivity contribution is 6.04. The van der Waals surface area contributed by atoms with E-state index in [1.165, 1.54) is 12.7 Å². The van der Waals surface area contributed by atoms with E-state index in [-0.39, 0.29) is 24.5 Å². The maximum Gasteiger partial charge on any atom is 0.340 e. The van der Waals surface area contributed by atoms with Crippen molar-refractivity contribution in [1.29, 1.82) is 0 Å². The Kier molecular flexibility index (Phi) is 5.15. The second kappa shape index (κ2) is 7.89. The first-order chi connectivity index (χ1) is 13.7. The van der Waals surface area contributed by atoms with E-state index in [9.17, 15) is 9.59 Å². The van der Waals surface area contributed by atoms with Crippen molar-refractivity contribution in [3.63, 3.8) is 0 Å². The highest BCUT2D eigenvalue weighted by atomic mass is 16.5. The molecule has 1 aliphatic heterocycles. The van der Waals surface area contributed by atoms with Crippen LogP contribution in [0.15, 0.2) is 60.8 Å². The second-order valence-electron chi connectivity index (χ2n) is 7.25. The lowest BCUT2D eigenvalue weighted by Gasteiger charge is -2.25. The molecule has 144 valence electrons. The number of benzene rings is 2. The number of aromatic nitrogens is 1. The Morgan fingerprint density at radius 1 is 1.07 bits per heavy atom. The summed E-state index contributed by atoms with van der Waals surface area (Å²) in [6.45, 7) is 1.02.